The summed E-state index contributed by atoms with van der Waals surface area (Å²) in [5.74, 6) is 0.899. The first kappa shape index (κ1) is 8.88. The minimum atomic E-state index is 0.899. The molecule has 0 atom stereocenters. The van der Waals surface area contributed by atoms with Gasteiger partial charge in [0.15, 0.2) is 0 Å². The smallest absolute Gasteiger partial charge is 0.129 e. The first-order valence-electron chi connectivity index (χ1n) is 4.54. The van der Waals surface area contributed by atoms with Crippen LogP contribution in [0.5, 0.6) is 5.75 Å². The number of aromatic amines is 1. The first-order chi connectivity index (χ1) is 6.76. The number of fused-ring (bicyclic) bond motifs is 1. The third-order valence-electron chi connectivity index (χ3n) is 2.36. The Labute approximate surface area is 83.2 Å². The summed E-state index contributed by atoms with van der Waals surface area (Å²) in [6.07, 6.45) is 3.77. The highest BCUT2D eigenvalue weighted by Gasteiger charge is 2.07. The maximum atomic E-state index is 5.34. The van der Waals surface area contributed by atoms with E-state index in [0.29, 0.717) is 0 Å². The Morgan fingerprint density at radius 2 is 2.21 bits per heavy atom. The predicted octanol–water partition coefficient (Wildman–Crippen LogP) is 3.13. The third-order valence-corrected chi connectivity index (χ3v) is 2.36. The average molecular weight is 187 g/mol. The van der Waals surface area contributed by atoms with E-state index in [9.17, 15) is 0 Å². The van der Waals surface area contributed by atoms with Crippen molar-refractivity contribution in [3.05, 3.63) is 36.0 Å². The van der Waals surface area contributed by atoms with Crippen molar-refractivity contribution in [2.75, 3.05) is 7.11 Å². The van der Waals surface area contributed by atoms with E-state index in [1.807, 2.05) is 18.3 Å². The molecule has 1 heterocycles. The highest BCUT2D eigenvalue weighted by atomic mass is 16.5. The number of methoxy groups -OCH3 is 1. The minimum Gasteiger partial charge on any atom is -0.496 e. The molecule has 0 aliphatic carbocycles. The molecular formula is C12H13NO. The van der Waals surface area contributed by atoms with Crippen LogP contribution in [0, 0.1) is 6.92 Å². The SMILES string of the molecule is C=Cc1c[nH]c2cc(C)cc(OC)c12. The van der Waals surface area contributed by atoms with Crippen LogP contribution in [-0.2, 0) is 0 Å². The third kappa shape index (κ3) is 1.20. The molecule has 1 aromatic heterocycles. The number of hydrogen-bond acceptors (Lipinski definition) is 1. The summed E-state index contributed by atoms with van der Waals surface area (Å²) in [5.41, 5.74) is 3.36. The second-order valence-corrected chi connectivity index (χ2v) is 3.34. The van der Waals surface area contributed by atoms with Crippen LogP contribution in [0.25, 0.3) is 17.0 Å². The van der Waals surface area contributed by atoms with Crippen molar-refractivity contribution in [1.82, 2.24) is 4.98 Å². The zero-order valence-electron chi connectivity index (χ0n) is 8.42. The van der Waals surface area contributed by atoms with Crippen molar-refractivity contribution >= 4 is 17.0 Å². The summed E-state index contributed by atoms with van der Waals surface area (Å²) in [6.45, 7) is 5.83. The fourth-order valence-corrected chi connectivity index (χ4v) is 1.71. The van der Waals surface area contributed by atoms with Gasteiger partial charge in [0.2, 0.25) is 0 Å². The molecule has 0 aliphatic rings. The number of nitrogens with one attached hydrogen (secondary N) is 1. The first-order valence-corrected chi connectivity index (χ1v) is 4.54. The van der Waals surface area contributed by atoms with Crippen molar-refractivity contribution < 1.29 is 4.74 Å². The molecule has 14 heavy (non-hydrogen) atoms. The van der Waals surface area contributed by atoms with Gasteiger partial charge in [-0.25, -0.2) is 0 Å². The van der Waals surface area contributed by atoms with Crippen LogP contribution in [0.4, 0.5) is 0 Å². The molecule has 0 saturated heterocycles. The minimum absolute atomic E-state index is 0.899. The van der Waals surface area contributed by atoms with Gasteiger partial charge in [-0.15, -0.1) is 0 Å². The van der Waals surface area contributed by atoms with Gasteiger partial charge in [0, 0.05) is 22.7 Å². The molecular weight excluding hydrogens is 174 g/mol. The van der Waals surface area contributed by atoms with E-state index in [-0.39, 0.29) is 0 Å². The molecule has 0 radical (unpaired) electrons. The highest BCUT2D eigenvalue weighted by molar-refractivity contribution is 5.94. The fraction of sp³-hybridized carbons (Fsp3) is 0.167. The number of hydrogen-bond donors (Lipinski definition) is 1. The van der Waals surface area contributed by atoms with Crippen LogP contribution in [0.3, 0.4) is 0 Å². The molecule has 2 aromatic rings. The summed E-state index contributed by atoms with van der Waals surface area (Å²) in [5, 5.41) is 1.10. The van der Waals surface area contributed by atoms with Crippen LogP contribution < -0.4 is 4.74 Å². The maximum absolute atomic E-state index is 5.34. The van der Waals surface area contributed by atoms with Gasteiger partial charge in [-0.2, -0.15) is 0 Å². The number of aryl methyl sites for hydroxylation is 1. The van der Waals surface area contributed by atoms with E-state index >= 15 is 0 Å². The molecule has 0 aliphatic heterocycles. The van der Waals surface area contributed by atoms with Crippen LogP contribution in [-0.4, -0.2) is 12.1 Å². The zero-order valence-corrected chi connectivity index (χ0v) is 8.42. The lowest BCUT2D eigenvalue weighted by Crippen LogP contribution is -1.85. The Balaban J connectivity index is 2.85. The molecule has 72 valence electrons. The quantitative estimate of drug-likeness (QED) is 0.767. The van der Waals surface area contributed by atoms with Gasteiger partial charge in [0.1, 0.15) is 5.75 Å². The predicted molar refractivity (Wildman–Crippen MR) is 59.7 cm³/mol. The Morgan fingerprint density at radius 3 is 2.86 bits per heavy atom. The molecule has 2 heteroatoms. The summed E-state index contributed by atoms with van der Waals surface area (Å²) in [7, 11) is 1.69. The van der Waals surface area contributed by atoms with E-state index in [2.05, 4.69) is 24.6 Å². The van der Waals surface area contributed by atoms with Crippen LogP contribution >= 0.6 is 0 Å². The lowest BCUT2D eigenvalue weighted by molar-refractivity contribution is 0.419. The van der Waals surface area contributed by atoms with E-state index in [1.54, 1.807) is 7.11 Å². The molecule has 1 aromatic carbocycles. The number of H-pyrrole nitrogens is 1. The zero-order chi connectivity index (χ0) is 10.1. The summed E-state index contributed by atoms with van der Waals surface area (Å²) in [4.78, 5) is 3.20. The fourth-order valence-electron chi connectivity index (χ4n) is 1.71. The lowest BCUT2D eigenvalue weighted by atomic mass is 10.1. The Kier molecular flexibility index (Phi) is 2.04. The molecule has 1 N–H and O–H groups in total. The molecule has 0 unspecified atom stereocenters. The monoisotopic (exact) mass is 187 g/mol. The topological polar surface area (TPSA) is 25.0 Å². The number of benzene rings is 1. The van der Waals surface area contributed by atoms with Crippen molar-refractivity contribution in [3.63, 3.8) is 0 Å². The van der Waals surface area contributed by atoms with Gasteiger partial charge >= 0.3 is 0 Å². The Morgan fingerprint density at radius 1 is 1.43 bits per heavy atom. The van der Waals surface area contributed by atoms with Gasteiger partial charge in [0.25, 0.3) is 0 Å². The van der Waals surface area contributed by atoms with E-state index < -0.39 is 0 Å². The lowest BCUT2D eigenvalue weighted by Gasteiger charge is -2.04. The van der Waals surface area contributed by atoms with E-state index in [4.69, 9.17) is 4.74 Å². The second kappa shape index (κ2) is 3.22. The van der Waals surface area contributed by atoms with Crippen molar-refractivity contribution in [1.29, 1.82) is 0 Å². The average Bonchev–Trinajstić information content (AvgIpc) is 2.59. The second-order valence-electron chi connectivity index (χ2n) is 3.34. The summed E-state index contributed by atoms with van der Waals surface area (Å²) < 4.78 is 5.34. The van der Waals surface area contributed by atoms with Gasteiger partial charge < -0.3 is 9.72 Å². The number of rotatable bonds is 2. The van der Waals surface area contributed by atoms with Crippen molar-refractivity contribution in [2.24, 2.45) is 0 Å². The number of ether oxygens (including phenoxy) is 1. The molecule has 2 rings (SSSR count). The standard InChI is InChI=1S/C12H13NO/c1-4-9-7-13-10-5-8(2)6-11(14-3)12(9)10/h4-7,13H,1H2,2-3H3. The Hall–Kier alpha value is -1.70. The molecule has 0 fully saturated rings. The normalized spacial score (nSPS) is 10.4. The Bertz CT molecular complexity index is 482. The van der Waals surface area contributed by atoms with Gasteiger partial charge in [-0.05, 0) is 24.6 Å². The van der Waals surface area contributed by atoms with Crippen LogP contribution in [0.2, 0.25) is 0 Å². The highest BCUT2D eigenvalue weighted by Crippen LogP contribution is 2.30. The van der Waals surface area contributed by atoms with Crippen LogP contribution in [0.1, 0.15) is 11.1 Å². The summed E-state index contributed by atoms with van der Waals surface area (Å²) >= 11 is 0. The van der Waals surface area contributed by atoms with Gasteiger partial charge in [-0.3, -0.25) is 0 Å². The molecule has 0 amide bonds. The molecule has 0 saturated carbocycles. The van der Waals surface area contributed by atoms with E-state index in [1.165, 1.54) is 5.56 Å². The van der Waals surface area contributed by atoms with Gasteiger partial charge in [-0.1, -0.05) is 12.7 Å². The van der Waals surface area contributed by atoms with Gasteiger partial charge in [0.05, 0.1) is 7.11 Å². The van der Waals surface area contributed by atoms with Crippen molar-refractivity contribution in [2.45, 2.75) is 6.92 Å². The molecule has 2 nitrogen and oxygen atoms in total. The molecule has 0 bridgehead atoms. The van der Waals surface area contributed by atoms with Crippen LogP contribution in [0.15, 0.2) is 24.9 Å². The maximum Gasteiger partial charge on any atom is 0.129 e. The largest absolute Gasteiger partial charge is 0.496 e. The molecule has 0 spiro atoms. The van der Waals surface area contributed by atoms with E-state index in [0.717, 1.165) is 22.2 Å². The summed E-state index contributed by atoms with van der Waals surface area (Å²) in [6, 6.07) is 4.13. The number of aromatic nitrogens is 1. The van der Waals surface area contributed by atoms with Crippen molar-refractivity contribution in [3.8, 4) is 5.75 Å².